The number of nitrogens with zero attached hydrogens (tertiary/aromatic N) is 1. The summed E-state index contributed by atoms with van der Waals surface area (Å²) >= 11 is 11.7. The molecule has 0 atom stereocenters. The van der Waals surface area contributed by atoms with Crippen molar-refractivity contribution in [2.75, 3.05) is 10.5 Å². The summed E-state index contributed by atoms with van der Waals surface area (Å²) < 4.78 is 27.0. The number of nitrogens with two attached hydrogens (primary N) is 1. The van der Waals surface area contributed by atoms with Crippen molar-refractivity contribution < 1.29 is 8.42 Å². The number of hydrogen-bond donors (Lipinski definition) is 2. The summed E-state index contributed by atoms with van der Waals surface area (Å²) in [6.07, 6.45) is 0. The summed E-state index contributed by atoms with van der Waals surface area (Å²) in [4.78, 5) is -0.185. The summed E-state index contributed by atoms with van der Waals surface area (Å²) in [5.74, 6) is 0. The van der Waals surface area contributed by atoms with Crippen LogP contribution in [0.1, 0.15) is 5.56 Å². The predicted molar refractivity (Wildman–Crippen MR) is 82.8 cm³/mol. The summed E-state index contributed by atoms with van der Waals surface area (Å²) in [5.41, 5.74) is 5.91. The van der Waals surface area contributed by atoms with E-state index >= 15 is 0 Å². The normalized spacial score (nSPS) is 10.9. The Bertz CT molecular complexity index is 845. The number of anilines is 2. The highest BCUT2D eigenvalue weighted by Crippen LogP contribution is 2.28. The van der Waals surface area contributed by atoms with Crippen LogP contribution in [0, 0.1) is 11.3 Å². The van der Waals surface area contributed by atoms with Gasteiger partial charge in [0.15, 0.2) is 0 Å². The van der Waals surface area contributed by atoms with Gasteiger partial charge in [0.05, 0.1) is 16.3 Å². The molecule has 2 aromatic rings. The predicted octanol–water partition coefficient (Wildman–Crippen LogP) is 3.25. The zero-order chi connectivity index (χ0) is 15.6. The number of sulfonamides is 1. The molecule has 5 nitrogen and oxygen atoms in total. The third kappa shape index (κ3) is 3.39. The molecule has 0 radical (unpaired) electrons. The van der Waals surface area contributed by atoms with E-state index in [0.717, 1.165) is 0 Å². The minimum absolute atomic E-state index is 0.0550. The second-order valence-electron chi connectivity index (χ2n) is 4.10. The lowest BCUT2D eigenvalue weighted by atomic mass is 10.2. The monoisotopic (exact) mass is 341 g/mol. The van der Waals surface area contributed by atoms with Gasteiger partial charge in [0.1, 0.15) is 11.0 Å². The zero-order valence-electron chi connectivity index (χ0n) is 10.5. The largest absolute Gasteiger partial charge is 0.399 e. The first-order chi connectivity index (χ1) is 9.83. The van der Waals surface area contributed by atoms with Crippen LogP contribution in [0.25, 0.3) is 0 Å². The molecule has 0 heterocycles. The van der Waals surface area contributed by atoms with E-state index in [0.29, 0.717) is 10.7 Å². The first kappa shape index (κ1) is 15.4. The topological polar surface area (TPSA) is 96.0 Å². The van der Waals surface area contributed by atoms with E-state index in [1.54, 1.807) is 6.07 Å². The Hall–Kier alpha value is -1.94. The number of halogens is 2. The molecule has 0 unspecified atom stereocenters. The van der Waals surface area contributed by atoms with Gasteiger partial charge in [0.2, 0.25) is 0 Å². The number of nitriles is 1. The Morgan fingerprint density at radius 2 is 1.86 bits per heavy atom. The maximum absolute atomic E-state index is 12.4. The van der Waals surface area contributed by atoms with E-state index in [4.69, 9.17) is 34.2 Å². The molecule has 0 saturated carbocycles. The summed E-state index contributed by atoms with van der Waals surface area (Å²) in [7, 11) is -3.98. The Morgan fingerprint density at radius 1 is 1.14 bits per heavy atom. The minimum atomic E-state index is -3.98. The fraction of sp³-hybridized carbons (Fsp3) is 0. The van der Waals surface area contributed by atoms with Crippen LogP contribution in [-0.2, 0) is 10.0 Å². The molecule has 0 fully saturated rings. The van der Waals surface area contributed by atoms with Crippen molar-refractivity contribution in [2.24, 2.45) is 0 Å². The van der Waals surface area contributed by atoms with Gasteiger partial charge < -0.3 is 5.73 Å². The Labute approximate surface area is 132 Å². The molecule has 0 aromatic heterocycles. The summed E-state index contributed by atoms with van der Waals surface area (Å²) in [6, 6.07) is 10.1. The standard InChI is InChI=1S/C13H9Cl2N3O2S/c14-9-1-3-11(15)12(6-9)18-21(19,20)13-4-2-10(17)5-8(13)7-16/h1-6,18H,17H2. The molecule has 0 amide bonds. The lowest BCUT2D eigenvalue weighted by Gasteiger charge is -2.11. The molecule has 21 heavy (non-hydrogen) atoms. The van der Waals surface area contributed by atoms with Crippen molar-refractivity contribution in [3.8, 4) is 6.07 Å². The third-order valence-electron chi connectivity index (χ3n) is 2.59. The first-order valence-electron chi connectivity index (χ1n) is 5.61. The van der Waals surface area contributed by atoms with Gasteiger partial charge >= 0.3 is 0 Å². The van der Waals surface area contributed by atoms with Crippen molar-refractivity contribution in [1.82, 2.24) is 0 Å². The lowest BCUT2D eigenvalue weighted by molar-refractivity contribution is 0.601. The Kier molecular flexibility index (Phi) is 4.28. The number of nitrogens with one attached hydrogen (secondary N) is 1. The highest BCUT2D eigenvalue weighted by atomic mass is 35.5. The SMILES string of the molecule is N#Cc1cc(N)ccc1S(=O)(=O)Nc1cc(Cl)ccc1Cl. The fourth-order valence-corrected chi connectivity index (χ4v) is 3.25. The lowest BCUT2D eigenvalue weighted by Crippen LogP contribution is -2.15. The molecule has 2 rings (SSSR count). The van der Waals surface area contributed by atoms with Crippen LogP contribution in [0.5, 0.6) is 0 Å². The van der Waals surface area contributed by atoms with E-state index in [1.165, 1.54) is 36.4 Å². The Morgan fingerprint density at radius 3 is 2.52 bits per heavy atom. The first-order valence-corrected chi connectivity index (χ1v) is 7.85. The van der Waals surface area contributed by atoms with E-state index in [1.807, 2.05) is 0 Å². The minimum Gasteiger partial charge on any atom is -0.399 e. The number of hydrogen-bond acceptors (Lipinski definition) is 4. The van der Waals surface area contributed by atoms with Gasteiger partial charge in [0.25, 0.3) is 10.0 Å². The van der Waals surface area contributed by atoms with Crippen molar-refractivity contribution in [3.05, 3.63) is 52.0 Å². The molecule has 108 valence electrons. The molecule has 2 aromatic carbocycles. The van der Waals surface area contributed by atoms with Gasteiger partial charge in [-0.25, -0.2) is 8.42 Å². The second-order valence-corrected chi connectivity index (χ2v) is 6.59. The summed E-state index contributed by atoms with van der Waals surface area (Å²) in [6.45, 7) is 0. The van der Waals surface area contributed by atoms with Gasteiger partial charge in [-0.05, 0) is 36.4 Å². The van der Waals surface area contributed by atoms with Crippen molar-refractivity contribution >= 4 is 44.6 Å². The van der Waals surface area contributed by atoms with Crippen molar-refractivity contribution in [1.29, 1.82) is 5.26 Å². The average molecular weight is 342 g/mol. The van der Waals surface area contributed by atoms with Gasteiger partial charge in [-0.15, -0.1) is 0 Å². The number of rotatable bonds is 3. The van der Waals surface area contributed by atoms with Gasteiger partial charge in [-0.2, -0.15) is 5.26 Å². The van der Waals surface area contributed by atoms with Gasteiger partial charge in [-0.1, -0.05) is 23.2 Å². The Balaban J connectivity index is 2.49. The van der Waals surface area contributed by atoms with Crippen LogP contribution in [0.3, 0.4) is 0 Å². The quantitative estimate of drug-likeness (QED) is 0.837. The van der Waals surface area contributed by atoms with Crippen molar-refractivity contribution in [3.63, 3.8) is 0 Å². The molecular formula is C13H9Cl2N3O2S. The third-order valence-corrected chi connectivity index (χ3v) is 4.57. The van der Waals surface area contributed by atoms with E-state index in [2.05, 4.69) is 4.72 Å². The van der Waals surface area contributed by atoms with Crippen LogP contribution in [-0.4, -0.2) is 8.42 Å². The molecular weight excluding hydrogens is 333 g/mol. The van der Waals surface area contributed by atoms with Gasteiger partial charge in [-0.3, -0.25) is 4.72 Å². The molecule has 0 spiro atoms. The number of benzene rings is 2. The molecule has 0 aliphatic carbocycles. The van der Waals surface area contributed by atoms with Crippen LogP contribution >= 0.6 is 23.2 Å². The highest BCUT2D eigenvalue weighted by molar-refractivity contribution is 7.92. The molecule has 0 aliphatic rings. The molecule has 0 saturated heterocycles. The van der Waals surface area contributed by atoms with Crippen LogP contribution in [0.2, 0.25) is 10.0 Å². The van der Waals surface area contributed by atoms with Crippen LogP contribution in [0.15, 0.2) is 41.3 Å². The highest BCUT2D eigenvalue weighted by Gasteiger charge is 2.20. The fourth-order valence-electron chi connectivity index (χ4n) is 1.64. The van der Waals surface area contributed by atoms with Crippen molar-refractivity contribution in [2.45, 2.75) is 4.90 Å². The van der Waals surface area contributed by atoms with Gasteiger partial charge in [0, 0.05) is 10.7 Å². The van der Waals surface area contributed by atoms with E-state index in [-0.39, 0.29) is 21.2 Å². The van der Waals surface area contributed by atoms with E-state index in [9.17, 15) is 8.42 Å². The molecule has 0 aliphatic heterocycles. The molecule has 0 bridgehead atoms. The van der Waals surface area contributed by atoms with Crippen LogP contribution < -0.4 is 10.5 Å². The average Bonchev–Trinajstić information content (AvgIpc) is 2.42. The van der Waals surface area contributed by atoms with E-state index < -0.39 is 10.0 Å². The molecule has 8 heteroatoms. The summed E-state index contributed by atoms with van der Waals surface area (Å²) in [5, 5.41) is 9.55. The smallest absolute Gasteiger partial charge is 0.263 e. The second kappa shape index (κ2) is 5.82. The number of nitrogen functional groups attached to an aromatic ring is 1. The zero-order valence-corrected chi connectivity index (χ0v) is 12.8. The maximum Gasteiger partial charge on any atom is 0.263 e. The molecule has 3 N–H and O–H groups in total. The maximum atomic E-state index is 12.4. The van der Waals surface area contributed by atoms with Crippen LogP contribution in [0.4, 0.5) is 11.4 Å².